The predicted octanol–water partition coefficient (Wildman–Crippen LogP) is 5.12. The molecule has 35 heavy (non-hydrogen) atoms. The van der Waals surface area contributed by atoms with Gasteiger partial charge in [-0.15, -0.1) is 0 Å². The molecule has 7 nitrogen and oxygen atoms in total. The Morgan fingerprint density at radius 1 is 1.17 bits per heavy atom. The van der Waals surface area contributed by atoms with Gasteiger partial charge in [0, 0.05) is 31.4 Å². The lowest BCUT2D eigenvalue weighted by atomic mass is 9.83. The smallest absolute Gasteiger partial charge is 0.237 e. The van der Waals surface area contributed by atoms with Crippen LogP contribution >= 0.6 is 0 Å². The van der Waals surface area contributed by atoms with Gasteiger partial charge >= 0.3 is 0 Å². The van der Waals surface area contributed by atoms with Crippen molar-refractivity contribution in [3.63, 3.8) is 0 Å². The highest BCUT2D eigenvalue weighted by molar-refractivity contribution is 5.87. The van der Waals surface area contributed by atoms with Crippen LogP contribution in [0.2, 0.25) is 0 Å². The standard InChI is InChI=1S/C26H47N5O2.C2H6/c1-6-21(28-8-3)18-24(30-19-25(27-5)29-9-4)26(33)31-22(15-16-23(32)7-2)17-20-13-11-10-12-14-20;1-2/h6,8-9,20,22-24,30,32H,4,7,10-19H2,1-3,5H3,(H,27,29)(H,31,33);1-2H3/b21-6-,28-8?;. The van der Waals surface area contributed by atoms with Crippen LogP contribution in [-0.4, -0.2) is 54.8 Å². The van der Waals surface area contributed by atoms with Crippen molar-refractivity contribution in [1.82, 2.24) is 16.0 Å². The number of nitrogens with zero attached hydrogens (tertiary/aromatic N) is 2. The third-order valence-corrected chi connectivity index (χ3v) is 6.42. The van der Waals surface area contributed by atoms with Crippen molar-refractivity contribution in [2.45, 2.75) is 117 Å². The van der Waals surface area contributed by atoms with E-state index in [0.29, 0.717) is 31.1 Å². The van der Waals surface area contributed by atoms with E-state index in [9.17, 15) is 9.90 Å². The van der Waals surface area contributed by atoms with Gasteiger partial charge in [0.05, 0.1) is 18.7 Å². The summed E-state index contributed by atoms with van der Waals surface area (Å²) in [4.78, 5) is 22.1. The van der Waals surface area contributed by atoms with Crippen LogP contribution in [0.1, 0.15) is 98.8 Å². The van der Waals surface area contributed by atoms with Gasteiger partial charge in [-0.05, 0) is 51.6 Å². The number of hydrogen-bond donors (Lipinski definition) is 4. The highest BCUT2D eigenvalue weighted by atomic mass is 16.3. The number of nitrogens with one attached hydrogen (secondary N) is 3. The van der Waals surface area contributed by atoms with Crippen LogP contribution in [0.25, 0.3) is 0 Å². The van der Waals surface area contributed by atoms with Gasteiger partial charge in [0.1, 0.15) is 5.84 Å². The first-order chi connectivity index (χ1) is 17.0. The minimum atomic E-state index is -0.437. The molecule has 0 radical (unpaired) electrons. The van der Waals surface area contributed by atoms with Crippen molar-refractivity contribution in [3.05, 3.63) is 24.6 Å². The lowest BCUT2D eigenvalue weighted by molar-refractivity contribution is -0.124. The molecular weight excluding hydrogens is 438 g/mol. The molecule has 0 saturated heterocycles. The Labute approximate surface area is 215 Å². The summed E-state index contributed by atoms with van der Waals surface area (Å²) in [6.07, 6.45) is 15.0. The van der Waals surface area contributed by atoms with Crippen LogP contribution in [0.3, 0.4) is 0 Å². The normalized spacial score (nSPS) is 17.8. The summed E-state index contributed by atoms with van der Waals surface area (Å²) >= 11 is 0. The van der Waals surface area contributed by atoms with Gasteiger partial charge in [-0.2, -0.15) is 0 Å². The van der Waals surface area contributed by atoms with Crippen LogP contribution in [-0.2, 0) is 4.79 Å². The third kappa shape index (κ3) is 14.9. The predicted molar refractivity (Wildman–Crippen MR) is 151 cm³/mol. The van der Waals surface area contributed by atoms with E-state index in [4.69, 9.17) is 0 Å². The molecule has 0 aliphatic heterocycles. The van der Waals surface area contributed by atoms with Crippen molar-refractivity contribution in [2.75, 3.05) is 13.6 Å². The minimum absolute atomic E-state index is 0.0264. The molecular formula is C28H53N5O2. The SMILES string of the molecule is C=CNC(CNC(C/C(=C/C)N=CC)C(=O)NC(CCC(O)CC)CC1CCCCC1)=NC.CC. The lowest BCUT2D eigenvalue weighted by Crippen LogP contribution is -2.50. The van der Waals surface area contributed by atoms with Crippen molar-refractivity contribution >= 4 is 18.0 Å². The van der Waals surface area contributed by atoms with Gasteiger partial charge in [0.25, 0.3) is 0 Å². The van der Waals surface area contributed by atoms with Crippen molar-refractivity contribution in [1.29, 1.82) is 0 Å². The van der Waals surface area contributed by atoms with Gasteiger partial charge in [-0.3, -0.25) is 20.1 Å². The van der Waals surface area contributed by atoms with Crippen molar-refractivity contribution in [2.24, 2.45) is 15.9 Å². The molecule has 3 atom stereocenters. The Hall–Kier alpha value is -1.99. The molecule has 3 unspecified atom stereocenters. The quantitative estimate of drug-likeness (QED) is 0.189. The molecule has 0 aromatic rings. The molecule has 0 aromatic heterocycles. The first-order valence-corrected chi connectivity index (χ1v) is 13.7. The Morgan fingerprint density at radius 2 is 1.86 bits per heavy atom. The van der Waals surface area contributed by atoms with E-state index in [-0.39, 0.29) is 18.1 Å². The minimum Gasteiger partial charge on any atom is -0.393 e. The number of aliphatic hydroxyl groups is 1. The molecule has 1 saturated carbocycles. The number of aliphatic imine (C=N–C) groups is 2. The summed E-state index contributed by atoms with van der Waals surface area (Å²) in [6, 6.07) is -0.367. The molecule has 0 heterocycles. The maximum atomic E-state index is 13.4. The number of aliphatic hydroxyl groups excluding tert-OH is 1. The second-order valence-electron chi connectivity index (χ2n) is 8.91. The van der Waals surface area contributed by atoms with Crippen molar-refractivity contribution < 1.29 is 9.90 Å². The molecule has 1 amide bonds. The fraction of sp³-hybridized carbons (Fsp3) is 0.750. The van der Waals surface area contributed by atoms with Gasteiger partial charge in [0.2, 0.25) is 5.91 Å². The highest BCUT2D eigenvalue weighted by Crippen LogP contribution is 2.28. The topological polar surface area (TPSA) is 98.1 Å². The molecule has 1 aliphatic rings. The van der Waals surface area contributed by atoms with Crippen LogP contribution in [0.4, 0.5) is 0 Å². The molecule has 202 valence electrons. The number of rotatable bonds is 15. The maximum absolute atomic E-state index is 13.4. The van der Waals surface area contributed by atoms with Crippen LogP contribution in [0.5, 0.6) is 0 Å². The van der Waals surface area contributed by atoms with E-state index in [0.717, 1.165) is 25.0 Å². The molecule has 1 rings (SSSR count). The van der Waals surface area contributed by atoms with E-state index in [1.54, 1.807) is 19.5 Å². The monoisotopic (exact) mass is 491 g/mol. The van der Waals surface area contributed by atoms with E-state index in [1.807, 2.05) is 40.7 Å². The van der Waals surface area contributed by atoms with Gasteiger partial charge in [0.15, 0.2) is 0 Å². The van der Waals surface area contributed by atoms with E-state index in [2.05, 4.69) is 32.5 Å². The zero-order chi connectivity index (χ0) is 26.5. The molecule has 1 fully saturated rings. The average molecular weight is 492 g/mol. The number of carbonyl (C=O) groups excluding carboxylic acids is 1. The number of carbonyl (C=O) groups is 1. The molecule has 0 spiro atoms. The summed E-state index contributed by atoms with van der Waals surface area (Å²) in [5.74, 6) is 1.34. The van der Waals surface area contributed by atoms with Gasteiger partial charge in [-0.25, -0.2) is 0 Å². The molecule has 4 N–H and O–H groups in total. The highest BCUT2D eigenvalue weighted by Gasteiger charge is 2.25. The Kier molecular flexibility index (Phi) is 20.1. The third-order valence-electron chi connectivity index (χ3n) is 6.42. The summed E-state index contributed by atoms with van der Waals surface area (Å²) < 4.78 is 0. The number of amidine groups is 1. The number of amides is 1. The largest absolute Gasteiger partial charge is 0.393 e. The average Bonchev–Trinajstić information content (AvgIpc) is 2.89. The summed E-state index contributed by atoms with van der Waals surface area (Å²) in [6.45, 7) is 13.9. The second-order valence-corrected chi connectivity index (χ2v) is 8.91. The molecule has 1 aliphatic carbocycles. The first-order valence-electron chi connectivity index (χ1n) is 13.7. The Morgan fingerprint density at radius 3 is 2.40 bits per heavy atom. The van der Waals surface area contributed by atoms with Crippen LogP contribution in [0.15, 0.2) is 34.5 Å². The summed E-state index contributed by atoms with van der Waals surface area (Å²) in [7, 11) is 1.71. The Balaban J connectivity index is 0.00000562. The van der Waals surface area contributed by atoms with Crippen LogP contribution in [0, 0.1) is 5.92 Å². The Bertz CT molecular complexity index is 654. The summed E-state index contributed by atoms with van der Waals surface area (Å²) in [5.41, 5.74) is 0.863. The fourth-order valence-electron chi connectivity index (χ4n) is 4.38. The molecule has 0 aromatic carbocycles. The van der Waals surface area contributed by atoms with E-state index < -0.39 is 6.04 Å². The zero-order valence-electron chi connectivity index (χ0n) is 23.3. The summed E-state index contributed by atoms with van der Waals surface area (Å²) in [5, 5.41) is 19.8. The van der Waals surface area contributed by atoms with Gasteiger partial charge < -0.3 is 15.7 Å². The van der Waals surface area contributed by atoms with E-state index in [1.165, 1.54) is 32.1 Å². The maximum Gasteiger partial charge on any atom is 0.237 e. The number of hydrogen-bond acceptors (Lipinski definition) is 5. The fourth-order valence-corrected chi connectivity index (χ4v) is 4.38. The van der Waals surface area contributed by atoms with E-state index >= 15 is 0 Å². The molecule has 0 bridgehead atoms. The zero-order valence-corrected chi connectivity index (χ0v) is 23.3. The lowest BCUT2D eigenvalue weighted by Gasteiger charge is -2.29. The van der Waals surface area contributed by atoms with Crippen molar-refractivity contribution in [3.8, 4) is 0 Å². The van der Waals surface area contributed by atoms with Gasteiger partial charge in [-0.1, -0.05) is 65.5 Å². The van der Waals surface area contributed by atoms with Crippen LogP contribution < -0.4 is 16.0 Å². The number of allylic oxidation sites excluding steroid dienone is 1. The first kappa shape index (κ1) is 33.0. The molecule has 7 heteroatoms. The second kappa shape index (κ2) is 21.3.